The molecule has 1 aliphatic rings. The van der Waals surface area contributed by atoms with Gasteiger partial charge in [-0.05, 0) is 48.2 Å². The van der Waals surface area contributed by atoms with Crippen molar-refractivity contribution >= 4 is 52.4 Å². The van der Waals surface area contributed by atoms with Crippen molar-refractivity contribution in [2.75, 3.05) is 41.5 Å². The second kappa shape index (κ2) is 17.2. The monoisotopic (exact) mass is 742 g/mol. The number of benzene rings is 3. The molecule has 0 aliphatic carbocycles. The highest BCUT2D eigenvalue weighted by molar-refractivity contribution is 7.80. The first kappa shape index (κ1) is 38.6. The fourth-order valence-electron chi connectivity index (χ4n) is 5.99. The summed E-state index contributed by atoms with van der Waals surface area (Å²) in [6, 6.07) is 10.6. The van der Waals surface area contributed by atoms with Gasteiger partial charge in [0.1, 0.15) is 28.6 Å². The number of carbonyl (C=O) groups excluding carboxylic acids is 2. The minimum absolute atomic E-state index is 0.108. The predicted molar refractivity (Wildman–Crippen MR) is 192 cm³/mol. The molecule has 0 bridgehead atoms. The molecule has 1 aliphatic heterocycles. The Morgan fingerprint density at radius 3 is 2.27 bits per heavy atom. The number of hydrogen-bond donors (Lipinski definition) is 2. The number of rotatable bonds is 14. The number of hydrogen-bond acceptors (Lipinski definition) is 10. The van der Waals surface area contributed by atoms with E-state index in [-0.39, 0.29) is 31.0 Å². The first-order chi connectivity index (χ1) is 24.3. The van der Waals surface area contributed by atoms with Crippen molar-refractivity contribution in [2.24, 2.45) is 5.92 Å². The minimum atomic E-state index is -1.45. The number of methoxy groups -OCH3 is 4. The highest BCUT2D eigenvalue weighted by atomic mass is 35.5. The van der Waals surface area contributed by atoms with E-state index in [2.05, 4.69) is 5.32 Å². The average Bonchev–Trinajstić information content (AvgIpc) is 3.22. The summed E-state index contributed by atoms with van der Waals surface area (Å²) in [6.45, 7) is 1.89. The Bertz CT molecular complexity index is 1800. The summed E-state index contributed by atoms with van der Waals surface area (Å²) in [7, 11) is 6.05. The maximum atomic E-state index is 14.4. The number of nitrogens with zero attached hydrogens (tertiary/aromatic N) is 3. The normalized spacial score (nSPS) is 15.1. The van der Waals surface area contributed by atoms with Gasteiger partial charge in [0, 0.05) is 29.8 Å². The molecule has 3 aromatic carbocycles. The number of nitrogens with one attached hydrogen (secondary N) is 1. The molecule has 51 heavy (non-hydrogen) atoms. The second-order valence-corrected chi connectivity index (χ2v) is 12.6. The van der Waals surface area contributed by atoms with Crippen LogP contribution in [0.1, 0.15) is 52.9 Å². The summed E-state index contributed by atoms with van der Waals surface area (Å²) in [5, 5.41) is 24.4. The molecule has 16 heteroatoms. The quantitative estimate of drug-likeness (QED) is 0.111. The van der Waals surface area contributed by atoms with Crippen molar-refractivity contribution in [3.8, 4) is 23.0 Å². The molecule has 0 unspecified atom stereocenters. The van der Waals surface area contributed by atoms with Crippen LogP contribution in [0, 0.1) is 16.0 Å². The van der Waals surface area contributed by atoms with Gasteiger partial charge in [0.05, 0.1) is 69.0 Å². The van der Waals surface area contributed by atoms with Crippen LogP contribution in [0.15, 0.2) is 48.5 Å². The lowest BCUT2D eigenvalue weighted by Gasteiger charge is -2.27. The van der Waals surface area contributed by atoms with Crippen LogP contribution in [0.3, 0.4) is 0 Å². The van der Waals surface area contributed by atoms with Crippen LogP contribution >= 0.6 is 23.8 Å². The number of carboxylic acid groups (broad SMARTS) is 1. The highest BCUT2D eigenvalue weighted by Crippen LogP contribution is 2.36. The largest absolute Gasteiger partial charge is 0.496 e. The highest BCUT2D eigenvalue weighted by Gasteiger charge is 2.38. The molecular formula is C35H39ClN4O10S. The molecule has 2 N–H and O–H groups in total. The number of ether oxygens (including phenoxy) is 4. The number of imide groups is 1. The fourth-order valence-corrected chi connectivity index (χ4v) is 6.45. The summed E-state index contributed by atoms with van der Waals surface area (Å²) in [6.07, 6.45) is 1.04. The van der Waals surface area contributed by atoms with Gasteiger partial charge in [-0.2, -0.15) is 0 Å². The third kappa shape index (κ3) is 8.96. The van der Waals surface area contributed by atoms with Gasteiger partial charge in [0.2, 0.25) is 5.91 Å². The summed E-state index contributed by atoms with van der Waals surface area (Å²) in [5.74, 6) is -0.830. The minimum Gasteiger partial charge on any atom is -0.496 e. The van der Waals surface area contributed by atoms with Crippen LogP contribution in [0.25, 0.3) is 0 Å². The molecular weight excluding hydrogens is 704 g/mol. The first-order valence-electron chi connectivity index (χ1n) is 15.9. The van der Waals surface area contributed by atoms with Gasteiger partial charge in [-0.1, -0.05) is 43.2 Å². The average molecular weight is 743 g/mol. The Hall–Kier alpha value is -5.15. The van der Waals surface area contributed by atoms with Crippen LogP contribution in [-0.2, 0) is 17.8 Å². The molecule has 14 nitrogen and oxygen atoms in total. The van der Waals surface area contributed by atoms with Crippen LogP contribution in [0.5, 0.6) is 23.0 Å². The van der Waals surface area contributed by atoms with Gasteiger partial charge in [0.15, 0.2) is 0 Å². The van der Waals surface area contributed by atoms with Crippen molar-refractivity contribution in [2.45, 2.75) is 38.8 Å². The SMILES string of the molecule is CCC[C@@H](NC(=O)N1CC(=S)N(Cc2c(OC)cc(OC)cc2OC)C[C@@H](Cc2cc(Cl)ccc2OC)C1=O)c1ccc(C(=O)O)c([N+](=O)[O-])c1. The number of urea groups is 1. The Morgan fingerprint density at radius 1 is 1.04 bits per heavy atom. The van der Waals surface area contributed by atoms with Gasteiger partial charge < -0.3 is 34.3 Å². The molecule has 4 rings (SSSR count). The predicted octanol–water partition coefficient (Wildman–Crippen LogP) is 6.06. The second-order valence-electron chi connectivity index (χ2n) is 11.7. The van der Waals surface area contributed by atoms with Crippen LogP contribution < -0.4 is 24.3 Å². The van der Waals surface area contributed by atoms with E-state index in [9.17, 15) is 29.6 Å². The lowest BCUT2D eigenvalue weighted by Crippen LogP contribution is -2.48. The number of halogens is 1. The number of carboxylic acids is 1. The lowest BCUT2D eigenvalue weighted by molar-refractivity contribution is -0.385. The van der Waals surface area contributed by atoms with E-state index in [0.717, 1.165) is 17.0 Å². The first-order valence-corrected chi connectivity index (χ1v) is 16.7. The van der Waals surface area contributed by atoms with Crippen molar-refractivity contribution in [3.05, 3.63) is 85.9 Å². The topological polar surface area (TPSA) is 170 Å². The van der Waals surface area contributed by atoms with Crippen molar-refractivity contribution in [3.63, 3.8) is 0 Å². The van der Waals surface area contributed by atoms with E-state index in [1.165, 1.54) is 34.5 Å². The number of thiocarbonyl (C=S) groups is 1. The van der Waals surface area contributed by atoms with Crippen molar-refractivity contribution in [1.82, 2.24) is 15.1 Å². The van der Waals surface area contributed by atoms with E-state index in [4.69, 9.17) is 42.8 Å². The third-order valence-corrected chi connectivity index (χ3v) is 9.17. The van der Waals surface area contributed by atoms with E-state index in [1.807, 2.05) is 11.8 Å². The zero-order chi connectivity index (χ0) is 37.4. The van der Waals surface area contributed by atoms with E-state index in [0.29, 0.717) is 57.6 Å². The zero-order valence-electron chi connectivity index (χ0n) is 28.8. The van der Waals surface area contributed by atoms with E-state index < -0.39 is 46.0 Å². The van der Waals surface area contributed by atoms with Crippen molar-refractivity contribution in [1.29, 1.82) is 0 Å². The van der Waals surface area contributed by atoms with E-state index in [1.54, 1.807) is 30.3 Å². The molecule has 0 aromatic heterocycles. The van der Waals surface area contributed by atoms with E-state index >= 15 is 0 Å². The molecule has 1 heterocycles. The smallest absolute Gasteiger partial charge is 0.342 e. The fraction of sp³-hybridized carbons (Fsp3) is 0.371. The Kier molecular flexibility index (Phi) is 13.0. The maximum Gasteiger partial charge on any atom is 0.342 e. The summed E-state index contributed by atoms with van der Waals surface area (Å²) < 4.78 is 22.3. The molecule has 1 fully saturated rings. The van der Waals surface area contributed by atoms with Gasteiger partial charge >= 0.3 is 12.0 Å². The Labute approximate surface area is 305 Å². The maximum absolute atomic E-state index is 14.4. The van der Waals surface area contributed by atoms with Gasteiger partial charge in [-0.3, -0.25) is 19.8 Å². The van der Waals surface area contributed by atoms with Gasteiger partial charge in [0.25, 0.3) is 5.69 Å². The van der Waals surface area contributed by atoms with Crippen molar-refractivity contribution < 1.29 is 43.4 Å². The third-order valence-electron chi connectivity index (χ3n) is 8.55. The Balaban J connectivity index is 1.74. The number of aromatic carboxylic acids is 1. The molecule has 272 valence electrons. The van der Waals surface area contributed by atoms with Crippen LogP contribution in [0.4, 0.5) is 10.5 Å². The van der Waals surface area contributed by atoms with Crippen LogP contribution in [-0.4, -0.2) is 84.3 Å². The number of amides is 3. The number of nitro benzene ring substituents is 1. The standard InChI is InChI=1S/C35H39ClN4O10S/c1-6-7-27(20-8-10-25(34(42)43)28(14-20)40(45)46)37-35(44)39-19-32(51)38(18-26-30(49-4)15-24(47-2)16-31(26)50-5)17-22(33(39)41)12-21-13-23(36)9-11-29(21)48-3/h8-11,13-16,22,27H,6-7,12,17-19H2,1-5H3,(H,37,44)(H,42,43)/t22-,27-/m1/s1. The summed E-state index contributed by atoms with van der Waals surface area (Å²) in [5.41, 5.74) is 0.501. The molecule has 0 spiro atoms. The Morgan fingerprint density at radius 2 is 1.71 bits per heavy atom. The molecule has 2 atom stereocenters. The van der Waals surface area contributed by atoms with Gasteiger partial charge in [-0.25, -0.2) is 9.59 Å². The molecule has 1 saturated heterocycles. The summed E-state index contributed by atoms with van der Waals surface area (Å²) in [4.78, 5) is 54.1. The van der Waals surface area contributed by atoms with Gasteiger partial charge in [-0.15, -0.1) is 0 Å². The number of nitro groups is 1. The summed E-state index contributed by atoms with van der Waals surface area (Å²) >= 11 is 12.2. The molecule has 3 aromatic rings. The lowest BCUT2D eigenvalue weighted by atomic mass is 9.96. The molecule has 0 saturated carbocycles. The molecule has 3 amide bonds. The number of carbonyl (C=O) groups is 3. The molecule has 0 radical (unpaired) electrons. The zero-order valence-corrected chi connectivity index (χ0v) is 30.3. The van der Waals surface area contributed by atoms with Crippen LogP contribution in [0.2, 0.25) is 5.02 Å².